The number of H-pyrrole nitrogens is 1. The third kappa shape index (κ3) is 3.56. The molecule has 3 aromatic rings. The summed E-state index contributed by atoms with van der Waals surface area (Å²) in [6.07, 6.45) is 0.946. The van der Waals surface area contributed by atoms with E-state index in [1.807, 2.05) is 60.8 Å². The second-order valence-corrected chi connectivity index (χ2v) is 5.52. The van der Waals surface area contributed by atoms with Crippen LogP contribution in [0.5, 0.6) is 0 Å². The molecule has 0 bridgehead atoms. The van der Waals surface area contributed by atoms with Crippen LogP contribution in [0, 0.1) is 0 Å². The number of nitrogens with one attached hydrogen (secondary N) is 1. The van der Waals surface area contributed by atoms with Gasteiger partial charge in [-0.2, -0.15) is 5.06 Å². The molecule has 0 saturated heterocycles. The van der Waals surface area contributed by atoms with Crippen molar-refractivity contribution in [1.29, 1.82) is 0 Å². The molecule has 0 aliphatic heterocycles. The summed E-state index contributed by atoms with van der Waals surface area (Å²) in [5.41, 5.74) is 7.83. The van der Waals surface area contributed by atoms with Crippen LogP contribution >= 0.6 is 0 Å². The zero-order valence-corrected chi connectivity index (χ0v) is 13.1. The molecule has 1 atom stereocenters. The number of hydroxylamine groups is 2. The minimum absolute atomic E-state index is 0.0412. The Hall–Kier alpha value is -2.83. The van der Waals surface area contributed by atoms with Crippen molar-refractivity contribution in [1.82, 2.24) is 10.0 Å². The number of nitrogens with zero attached hydrogens (tertiary/aromatic N) is 1. The lowest BCUT2D eigenvalue weighted by molar-refractivity contribution is -0.147. The molecule has 0 aliphatic carbocycles. The van der Waals surface area contributed by atoms with Crippen molar-refractivity contribution < 1.29 is 14.7 Å². The summed E-state index contributed by atoms with van der Waals surface area (Å²) < 4.78 is 4.96. The highest BCUT2D eigenvalue weighted by atomic mass is 16.6. The molecule has 6 heteroatoms. The van der Waals surface area contributed by atoms with Gasteiger partial charge in [0.15, 0.2) is 0 Å². The van der Waals surface area contributed by atoms with E-state index in [1.54, 1.807) is 0 Å². The summed E-state index contributed by atoms with van der Waals surface area (Å²) in [5, 5.41) is 12.7. The second-order valence-electron chi connectivity index (χ2n) is 5.52. The first-order chi connectivity index (χ1) is 11.6. The number of aromatic nitrogens is 1. The Labute approximate surface area is 139 Å². The van der Waals surface area contributed by atoms with Crippen LogP contribution in [0.15, 0.2) is 60.8 Å². The molecule has 24 heavy (non-hydrogen) atoms. The first-order valence-corrected chi connectivity index (χ1v) is 7.63. The molecule has 124 valence electrons. The fraction of sp³-hybridized carbons (Fsp3) is 0.167. The van der Waals surface area contributed by atoms with E-state index in [9.17, 15) is 10.0 Å². The molecule has 3 rings (SSSR count). The molecule has 1 heterocycles. The van der Waals surface area contributed by atoms with Gasteiger partial charge in [-0.05, 0) is 11.6 Å². The van der Waals surface area contributed by atoms with Crippen LogP contribution in [0.2, 0.25) is 0 Å². The Morgan fingerprint density at radius 3 is 2.62 bits per heavy atom. The van der Waals surface area contributed by atoms with E-state index in [2.05, 4.69) is 4.98 Å². The zero-order chi connectivity index (χ0) is 16.9. The molecular weight excluding hydrogens is 306 g/mol. The number of amides is 1. The van der Waals surface area contributed by atoms with Crippen LogP contribution in [0.25, 0.3) is 10.9 Å². The SMILES string of the molecule is NC(=O)OCC(c1c[nH]c2ccccc12)N(O)Cc1ccccc1. The van der Waals surface area contributed by atoms with E-state index in [0.29, 0.717) is 6.54 Å². The van der Waals surface area contributed by atoms with Gasteiger partial charge >= 0.3 is 6.09 Å². The largest absolute Gasteiger partial charge is 0.448 e. The number of carbonyl (C=O) groups excluding carboxylic acids is 1. The Bertz CT molecular complexity index is 817. The van der Waals surface area contributed by atoms with Gasteiger partial charge in [0.1, 0.15) is 6.61 Å². The van der Waals surface area contributed by atoms with E-state index < -0.39 is 12.1 Å². The molecule has 6 nitrogen and oxygen atoms in total. The fourth-order valence-corrected chi connectivity index (χ4v) is 2.75. The van der Waals surface area contributed by atoms with E-state index in [-0.39, 0.29) is 6.61 Å². The topological polar surface area (TPSA) is 91.6 Å². The number of hydrogen-bond donors (Lipinski definition) is 3. The summed E-state index contributed by atoms with van der Waals surface area (Å²) in [5.74, 6) is 0. The van der Waals surface area contributed by atoms with Gasteiger partial charge in [0.25, 0.3) is 0 Å². The van der Waals surface area contributed by atoms with Crippen LogP contribution < -0.4 is 5.73 Å². The zero-order valence-electron chi connectivity index (χ0n) is 13.1. The normalized spacial score (nSPS) is 12.4. The number of aromatic amines is 1. The third-order valence-corrected chi connectivity index (χ3v) is 3.91. The number of nitrogens with two attached hydrogens (primary N) is 1. The third-order valence-electron chi connectivity index (χ3n) is 3.91. The van der Waals surface area contributed by atoms with E-state index in [1.165, 1.54) is 0 Å². The van der Waals surface area contributed by atoms with Crippen LogP contribution in [-0.2, 0) is 11.3 Å². The Morgan fingerprint density at radius 1 is 1.17 bits per heavy atom. The number of hydrogen-bond acceptors (Lipinski definition) is 4. The smallest absolute Gasteiger partial charge is 0.404 e. The standard InChI is InChI=1S/C18H19N3O3/c19-18(22)24-12-17(21(23)11-13-6-2-1-3-7-13)15-10-20-16-9-5-4-8-14(15)16/h1-10,17,20,23H,11-12H2,(H2,19,22). The van der Waals surface area contributed by atoms with E-state index >= 15 is 0 Å². The maximum absolute atomic E-state index is 11.0. The summed E-state index contributed by atoms with van der Waals surface area (Å²) in [4.78, 5) is 14.2. The molecule has 0 radical (unpaired) electrons. The summed E-state index contributed by atoms with van der Waals surface area (Å²) >= 11 is 0. The van der Waals surface area contributed by atoms with Crippen molar-refractivity contribution in [3.63, 3.8) is 0 Å². The molecule has 0 spiro atoms. The minimum atomic E-state index is -0.868. The van der Waals surface area contributed by atoms with Crippen LogP contribution in [0.3, 0.4) is 0 Å². The number of carbonyl (C=O) groups is 1. The van der Waals surface area contributed by atoms with Crippen molar-refractivity contribution in [3.8, 4) is 0 Å². The van der Waals surface area contributed by atoms with E-state index in [0.717, 1.165) is 27.1 Å². The first-order valence-electron chi connectivity index (χ1n) is 7.63. The van der Waals surface area contributed by atoms with Crippen molar-refractivity contribution in [2.45, 2.75) is 12.6 Å². The quantitative estimate of drug-likeness (QED) is 0.607. The average Bonchev–Trinajstić information content (AvgIpc) is 3.00. The number of primary amides is 1. The van der Waals surface area contributed by atoms with Gasteiger partial charge in [-0.25, -0.2) is 4.79 Å². The highest BCUT2D eigenvalue weighted by Crippen LogP contribution is 2.28. The number of ether oxygens (including phenoxy) is 1. The van der Waals surface area contributed by atoms with E-state index in [4.69, 9.17) is 10.5 Å². The lowest BCUT2D eigenvalue weighted by atomic mass is 10.1. The van der Waals surface area contributed by atoms with Gasteiger partial charge in [0, 0.05) is 29.2 Å². The van der Waals surface area contributed by atoms with Crippen molar-refractivity contribution in [2.75, 3.05) is 6.61 Å². The number of para-hydroxylation sites is 1. The number of benzene rings is 2. The maximum atomic E-state index is 11.0. The van der Waals surface area contributed by atoms with Crippen LogP contribution in [0.1, 0.15) is 17.2 Å². The lowest BCUT2D eigenvalue weighted by Gasteiger charge is -2.25. The van der Waals surface area contributed by atoms with Gasteiger partial charge in [-0.1, -0.05) is 48.5 Å². The average molecular weight is 325 g/mol. The van der Waals surface area contributed by atoms with Gasteiger partial charge < -0.3 is 20.7 Å². The van der Waals surface area contributed by atoms with Gasteiger partial charge in [0.2, 0.25) is 0 Å². The summed E-state index contributed by atoms with van der Waals surface area (Å²) in [6.45, 7) is 0.258. The predicted octanol–water partition coefficient (Wildman–Crippen LogP) is 3.20. The van der Waals surface area contributed by atoms with Crippen LogP contribution in [0.4, 0.5) is 4.79 Å². The van der Waals surface area contributed by atoms with Gasteiger partial charge in [0.05, 0.1) is 6.04 Å². The Kier molecular flexibility index (Phi) is 4.79. The molecule has 1 aromatic heterocycles. The van der Waals surface area contributed by atoms with Crippen molar-refractivity contribution >= 4 is 17.0 Å². The monoisotopic (exact) mass is 325 g/mol. The van der Waals surface area contributed by atoms with Crippen molar-refractivity contribution in [2.24, 2.45) is 5.73 Å². The second kappa shape index (κ2) is 7.16. The molecule has 0 saturated carbocycles. The predicted molar refractivity (Wildman–Crippen MR) is 90.3 cm³/mol. The van der Waals surface area contributed by atoms with Crippen LogP contribution in [-0.4, -0.2) is 28.0 Å². The molecule has 0 fully saturated rings. The molecule has 2 aromatic carbocycles. The Balaban J connectivity index is 1.89. The minimum Gasteiger partial charge on any atom is -0.448 e. The molecule has 4 N–H and O–H groups in total. The molecule has 1 unspecified atom stereocenters. The number of rotatable bonds is 6. The lowest BCUT2D eigenvalue weighted by Crippen LogP contribution is -2.30. The fourth-order valence-electron chi connectivity index (χ4n) is 2.75. The van der Waals surface area contributed by atoms with Gasteiger partial charge in [-0.3, -0.25) is 0 Å². The van der Waals surface area contributed by atoms with Crippen molar-refractivity contribution in [3.05, 3.63) is 71.9 Å². The Morgan fingerprint density at radius 2 is 1.88 bits per heavy atom. The molecular formula is C18H19N3O3. The summed E-state index contributed by atoms with van der Waals surface area (Å²) in [7, 11) is 0. The first kappa shape index (κ1) is 16.0. The highest BCUT2D eigenvalue weighted by molar-refractivity contribution is 5.83. The van der Waals surface area contributed by atoms with Gasteiger partial charge in [-0.15, -0.1) is 0 Å². The molecule has 1 amide bonds. The number of fused-ring (bicyclic) bond motifs is 1. The maximum Gasteiger partial charge on any atom is 0.404 e. The molecule has 0 aliphatic rings. The highest BCUT2D eigenvalue weighted by Gasteiger charge is 2.23. The summed E-state index contributed by atoms with van der Waals surface area (Å²) in [6, 6.07) is 16.8.